The van der Waals surface area contributed by atoms with Gasteiger partial charge in [0, 0.05) is 6.42 Å². The number of hydrogen-bond acceptors (Lipinski definition) is 4. The fourth-order valence-corrected chi connectivity index (χ4v) is 1.15. The molecule has 1 heterocycles. The summed E-state index contributed by atoms with van der Waals surface area (Å²) in [4.78, 5) is 27.0. The summed E-state index contributed by atoms with van der Waals surface area (Å²) in [6.45, 7) is 0.215. The molecule has 0 aromatic carbocycles. The molecular weight excluding hydrogens is 196 g/mol. The average Bonchev–Trinajstić information content (AvgIpc) is 2.11. The Hall–Kier alpha value is -1.10. The van der Waals surface area contributed by atoms with Crippen molar-refractivity contribution in [3.05, 3.63) is 0 Å². The van der Waals surface area contributed by atoms with Crippen LogP contribution >= 0.6 is 11.6 Å². The maximum absolute atomic E-state index is 11.2. The van der Waals surface area contributed by atoms with Crippen LogP contribution in [0.2, 0.25) is 0 Å². The smallest absolute Gasteiger partial charge is 0.325 e. The van der Waals surface area contributed by atoms with Crippen molar-refractivity contribution in [1.82, 2.24) is 4.90 Å². The summed E-state index contributed by atoms with van der Waals surface area (Å²) in [6, 6.07) is 0. The van der Waals surface area contributed by atoms with Gasteiger partial charge in [-0.25, -0.2) is 0 Å². The van der Waals surface area contributed by atoms with Gasteiger partial charge in [0.15, 0.2) is 0 Å². The van der Waals surface area contributed by atoms with Crippen LogP contribution in [0, 0.1) is 0 Å². The summed E-state index contributed by atoms with van der Waals surface area (Å²) < 4.78 is 4.40. The van der Waals surface area contributed by atoms with Gasteiger partial charge < -0.3 is 4.74 Å². The number of aliphatic imine (C=N–C) groups is 1. The SMILES string of the molecule is COC(=O)CN1C(=O)CCN=C1Cl. The molecule has 0 fully saturated rings. The van der Waals surface area contributed by atoms with Crippen LogP contribution in [-0.4, -0.2) is 42.3 Å². The van der Waals surface area contributed by atoms with Crippen LogP contribution < -0.4 is 0 Å². The molecule has 1 rings (SSSR count). The number of rotatable bonds is 2. The summed E-state index contributed by atoms with van der Waals surface area (Å²) in [7, 11) is 1.25. The van der Waals surface area contributed by atoms with E-state index in [0.29, 0.717) is 6.54 Å². The monoisotopic (exact) mass is 204 g/mol. The van der Waals surface area contributed by atoms with Crippen molar-refractivity contribution in [3.8, 4) is 0 Å². The molecule has 1 aliphatic heterocycles. The van der Waals surface area contributed by atoms with Crippen molar-refractivity contribution in [3.63, 3.8) is 0 Å². The van der Waals surface area contributed by atoms with E-state index in [1.807, 2.05) is 0 Å². The van der Waals surface area contributed by atoms with Crippen LogP contribution in [0.5, 0.6) is 0 Å². The minimum atomic E-state index is -0.511. The van der Waals surface area contributed by atoms with Gasteiger partial charge in [-0.2, -0.15) is 0 Å². The molecule has 13 heavy (non-hydrogen) atoms. The third-order valence-corrected chi connectivity index (χ3v) is 1.93. The van der Waals surface area contributed by atoms with Crippen molar-refractivity contribution < 1.29 is 14.3 Å². The number of halogens is 1. The lowest BCUT2D eigenvalue weighted by Crippen LogP contribution is -2.41. The van der Waals surface area contributed by atoms with Crippen LogP contribution in [0.1, 0.15) is 6.42 Å². The highest BCUT2D eigenvalue weighted by Gasteiger charge is 2.24. The van der Waals surface area contributed by atoms with Gasteiger partial charge in [-0.05, 0) is 11.6 Å². The molecular formula is C7H9ClN2O3. The Morgan fingerprint density at radius 3 is 3.00 bits per heavy atom. The Kier molecular flexibility index (Phi) is 3.25. The minimum Gasteiger partial charge on any atom is -0.468 e. The Morgan fingerprint density at radius 2 is 2.46 bits per heavy atom. The number of carbonyl (C=O) groups excluding carboxylic acids is 2. The summed E-state index contributed by atoms with van der Waals surface area (Å²) in [5, 5.41) is 0.0571. The van der Waals surface area contributed by atoms with Gasteiger partial charge in [0.1, 0.15) is 6.54 Å². The Morgan fingerprint density at radius 1 is 1.77 bits per heavy atom. The highest BCUT2D eigenvalue weighted by atomic mass is 35.5. The lowest BCUT2D eigenvalue weighted by molar-refractivity contribution is -0.144. The fraction of sp³-hybridized carbons (Fsp3) is 0.571. The van der Waals surface area contributed by atoms with Crippen molar-refractivity contribution in [2.24, 2.45) is 4.99 Å². The van der Waals surface area contributed by atoms with E-state index in [4.69, 9.17) is 11.6 Å². The van der Waals surface area contributed by atoms with Crippen LogP contribution in [-0.2, 0) is 14.3 Å². The molecule has 0 unspecified atom stereocenters. The standard InChI is InChI=1S/C7H9ClN2O3/c1-13-6(12)4-10-5(11)2-3-9-7(10)8/h2-4H2,1H3. The van der Waals surface area contributed by atoms with Crippen LogP contribution in [0.4, 0.5) is 0 Å². The molecule has 0 atom stereocenters. The van der Waals surface area contributed by atoms with Gasteiger partial charge in [0.25, 0.3) is 0 Å². The molecule has 1 amide bonds. The van der Waals surface area contributed by atoms with Crippen LogP contribution in [0.25, 0.3) is 0 Å². The third kappa shape index (κ3) is 2.42. The van der Waals surface area contributed by atoms with E-state index in [1.54, 1.807) is 0 Å². The van der Waals surface area contributed by atoms with E-state index < -0.39 is 5.97 Å². The molecule has 0 spiro atoms. The number of amidine groups is 1. The number of carbonyl (C=O) groups is 2. The van der Waals surface area contributed by atoms with Crippen molar-refractivity contribution in [1.29, 1.82) is 0 Å². The van der Waals surface area contributed by atoms with Crippen molar-refractivity contribution in [2.45, 2.75) is 6.42 Å². The predicted octanol–water partition coefficient (Wildman–Crippen LogP) is -0.0135. The molecule has 6 heteroatoms. The molecule has 0 aromatic heterocycles. The first-order valence-electron chi connectivity index (χ1n) is 3.72. The first-order valence-corrected chi connectivity index (χ1v) is 4.10. The molecule has 0 N–H and O–H groups in total. The van der Waals surface area contributed by atoms with Gasteiger partial charge in [-0.3, -0.25) is 19.5 Å². The predicted molar refractivity (Wildman–Crippen MR) is 46.5 cm³/mol. The van der Waals surface area contributed by atoms with E-state index in [9.17, 15) is 9.59 Å². The lowest BCUT2D eigenvalue weighted by Gasteiger charge is -2.22. The molecule has 5 nitrogen and oxygen atoms in total. The highest BCUT2D eigenvalue weighted by molar-refractivity contribution is 6.66. The average molecular weight is 205 g/mol. The molecule has 0 saturated carbocycles. The third-order valence-electron chi connectivity index (χ3n) is 1.61. The lowest BCUT2D eigenvalue weighted by atomic mass is 10.3. The second kappa shape index (κ2) is 4.23. The zero-order chi connectivity index (χ0) is 9.84. The van der Waals surface area contributed by atoms with Gasteiger partial charge in [0.2, 0.25) is 11.2 Å². The molecule has 72 valence electrons. The molecule has 1 aliphatic rings. The van der Waals surface area contributed by atoms with E-state index >= 15 is 0 Å². The van der Waals surface area contributed by atoms with Gasteiger partial charge in [0.05, 0.1) is 13.7 Å². The number of hydrogen-bond donors (Lipinski definition) is 0. The Balaban J connectivity index is 2.65. The van der Waals surface area contributed by atoms with Gasteiger partial charge in [-0.1, -0.05) is 0 Å². The first-order chi connectivity index (χ1) is 6.15. The number of amides is 1. The van der Waals surface area contributed by atoms with Crippen molar-refractivity contribution >= 4 is 28.8 Å². The second-order valence-electron chi connectivity index (χ2n) is 2.46. The topological polar surface area (TPSA) is 59.0 Å². The molecule has 0 radical (unpaired) electrons. The highest BCUT2D eigenvalue weighted by Crippen LogP contribution is 2.07. The zero-order valence-electron chi connectivity index (χ0n) is 7.12. The normalized spacial score (nSPS) is 16.9. The van der Waals surface area contributed by atoms with E-state index in [1.165, 1.54) is 7.11 Å². The number of ether oxygens (including phenoxy) is 1. The summed E-state index contributed by atoms with van der Waals surface area (Å²) in [5.41, 5.74) is 0. The largest absolute Gasteiger partial charge is 0.468 e. The van der Waals surface area contributed by atoms with Crippen LogP contribution in [0.15, 0.2) is 4.99 Å². The first kappa shape index (κ1) is 9.98. The Bertz CT molecular complexity index is 264. The maximum Gasteiger partial charge on any atom is 0.325 e. The summed E-state index contributed by atoms with van der Waals surface area (Å²) in [6.07, 6.45) is 0.285. The van der Waals surface area contributed by atoms with Gasteiger partial charge >= 0.3 is 5.97 Å². The molecule has 0 aromatic rings. The summed E-state index contributed by atoms with van der Waals surface area (Å²) >= 11 is 5.63. The van der Waals surface area contributed by atoms with Crippen LogP contribution in [0.3, 0.4) is 0 Å². The Labute approximate surface area is 80.3 Å². The van der Waals surface area contributed by atoms with E-state index in [0.717, 1.165) is 4.90 Å². The number of methoxy groups -OCH3 is 1. The second-order valence-corrected chi connectivity index (χ2v) is 2.79. The van der Waals surface area contributed by atoms with Gasteiger partial charge in [-0.15, -0.1) is 0 Å². The van der Waals surface area contributed by atoms with Crippen molar-refractivity contribution in [2.75, 3.05) is 20.2 Å². The number of nitrogens with zero attached hydrogens (tertiary/aromatic N) is 2. The zero-order valence-corrected chi connectivity index (χ0v) is 7.87. The number of esters is 1. The minimum absolute atomic E-state index is 0.0571. The molecule has 0 saturated heterocycles. The molecule has 0 aliphatic carbocycles. The fourth-order valence-electron chi connectivity index (χ4n) is 0.914. The van der Waals surface area contributed by atoms with E-state index in [2.05, 4.69) is 9.73 Å². The van der Waals surface area contributed by atoms with E-state index in [-0.39, 0.29) is 24.2 Å². The summed E-state index contributed by atoms with van der Waals surface area (Å²) in [5.74, 6) is -0.714. The maximum atomic E-state index is 11.2. The quantitative estimate of drug-likeness (QED) is 0.470. The molecule has 0 bridgehead atoms.